The van der Waals surface area contributed by atoms with Crippen molar-refractivity contribution in [1.82, 2.24) is 0 Å². The third-order valence-electron chi connectivity index (χ3n) is 4.25. The average Bonchev–Trinajstić information content (AvgIpc) is 3.16. The van der Waals surface area contributed by atoms with Gasteiger partial charge in [-0.25, -0.2) is 0 Å². The van der Waals surface area contributed by atoms with Crippen molar-refractivity contribution in [1.29, 1.82) is 0 Å². The van der Waals surface area contributed by atoms with E-state index in [9.17, 15) is 4.79 Å². The molecule has 1 aromatic carbocycles. The fourth-order valence-corrected chi connectivity index (χ4v) is 3.45. The highest BCUT2D eigenvalue weighted by Crippen LogP contribution is 2.31. The molecule has 1 aliphatic heterocycles. The first kappa shape index (κ1) is 18.0. The summed E-state index contributed by atoms with van der Waals surface area (Å²) in [7, 11) is 0. The van der Waals surface area contributed by atoms with Gasteiger partial charge < -0.3 is 19.2 Å². The molecular weight excluding hydrogens is 386 g/mol. The van der Waals surface area contributed by atoms with Crippen molar-refractivity contribution in [2.45, 2.75) is 39.7 Å². The first-order chi connectivity index (χ1) is 12.0. The first-order valence-corrected chi connectivity index (χ1v) is 9.17. The van der Waals surface area contributed by atoms with E-state index in [2.05, 4.69) is 21.2 Å². The number of carbonyl (C=O) groups excluding carboxylic acids is 1. The van der Waals surface area contributed by atoms with E-state index < -0.39 is 0 Å². The number of hydrogen-bond acceptors (Lipinski definition) is 4. The summed E-state index contributed by atoms with van der Waals surface area (Å²) < 4.78 is 17.7. The summed E-state index contributed by atoms with van der Waals surface area (Å²) in [5.74, 6) is 1.68. The van der Waals surface area contributed by atoms with Crippen LogP contribution in [-0.4, -0.2) is 25.2 Å². The van der Waals surface area contributed by atoms with E-state index in [0.717, 1.165) is 25.0 Å². The van der Waals surface area contributed by atoms with Crippen LogP contribution in [0.1, 0.15) is 40.3 Å². The molecule has 3 rings (SSSR count). The molecule has 1 saturated heterocycles. The van der Waals surface area contributed by atoms with Gasteiger partial charge in [0.25, 0.3) is 5.91 Å². The number of nitrogens with one attached hydrogen (secondary N) is 1. The standard InChI is InChI=1S/C19H22BrNO4/c1-11-6-7-15(16(9-11)24-10-14-5-4-8-23-14)21-19(22)17-12(2)25-13(3)18(17)20/h6-7,9,14H,4-5,8,10H2,1-3H3,(H,21,22). The number of furan rings is 1. The second-order valence-corrected chi connectivity index (χ2v) is 7.10. The zero-order chi connectivity index (χ0) is 18.0. The van der Waals surface area contributed by atoms with Gasteiger partial charge in [0, 0.05) is 6.61 Å². The van der Waals surface area contributed by atoms with Gasteiger partial charge in [0.15, 0.2) is 0 Å². The van der Waals surface area contributed by atoms with Gasteiger partial charge in [-0.1, -0.05) is 6.07 Å². The predicted octanol–water partition coefficient (Wildman–Crippen LogP) is 4.78. The number of amides is 1. The average molecular weight is 408 g/mol. The highest BCUT2D eigenvalue weighted by atomic mass is 79.9. The van der Waals surface area contributed by atoms with Crippen molar-refractivity contribution in [3.05, 3.63) is 45.3 Å². The van der Waals surface area contributed by atoms with Gasteiger partial charge in [-0.3, -0.25) is 4.79 Å². The van der Waals surface area contributed by atoms with E-state index in [4.69, 9.17) is 13.9 Å². The van der Waals surface area contributed by atoms with E-state index >= 15 is 0 Å². The summed E-state index contributed by atoms with van der Waals surface area (Å²) in [5, 5.41) is 2.93. The Morgan fingerprint density at radius 2 is 2.12 bits per heavy atom. The van der Waals surface area contributed by atoms with Gasteiger partial charge in [-0.2, -0.15) is 0 Å². The molecule has 6 heteroatoms. The molecule has 0 bridgehead atoms. The van der Waals surface area contributed by atoms with Gasteiger partial charge in [0.05, 0.1) is 21.8 Å². The normalized spacial score (nSPS) is 16.9. The quantitative estimate of drug-likeness (QED) is 0.774. The Morgan fingerprint density at radius 1 is 1.32 bits per heavy atom. The topological polar surface area (TPSA) is 60.7 Å². The number of anilines is 1. The molecule has 1 aliphatic rings. The van der Waals surface area contributed by atoms with Crippen LogP contribution in [0.4, 0.5) is 5.69 Å². The number of benzene rings is 1. The Hall–Kier alpha value is -1.79. The highest BCUT2D eigenvalue weighted by Gasteiger charge is 2.22. The lowest BCUT2D eigenvalue weighted by Crippen LogP contribution is -2.18. The minimum atomic E-state index is -0.230. The van der Waals surface area contributed by atoms with Gasteiger partial charge >= 0.3 is 0 Å². The Bertz CT molecular complexity index is 778. The van der Waals surface area contributed by atoms with Crippen LogP contribution < -0.4 is 10.1 Å². The summed E-state index contributed by atoms with van der Waals surface area (Å²) in [6.07, 6.45) is 2.20. The van der Waals surface area contributed by atoms with Crippen LogP contribution in [-0.2, 0) is 4.74 Å². The van der Waals surface area contributed by atoms with Crippen LogP contribution in [0.25, 0.3) is 0 Å². The van der Waals surface area contributed by atoms with Crippen LogP contribution in [0.15, 0.2) is 27.1 Å². The van der Waals surface area contributed by atoms with Crippen molar-refractivity contribution in [2.24, 2.45) is 0 Å². The predicted molar refractivity (Wildman–Crippen MR) is 99.5 cm³/mol. The van der Waals surface area contributed by atoms with Crippen LogP contribution >= 0.6 is 15.9 Å². The van der Waals surface area contributed by atoms with Gasteiger partial charge in [0.1, 0.15) is 23.9 Å². The summed E-state index contributed by atoms with van der Waals surface area (Å²) in [5.41, 5.74) is 2.21. The van der Waals surface area contributed by atoms with Gasteiger partial charge in [-0.05, 0) is 67.2 Å². The number of halogens is 1. The summed E-state index contributed by atoms with van der Waals surface area (Å²) >= 11 is 3.42. The van der Waals surface area contributed by atoms with E-state index in [1.165, 1.54) is 0 Å². The number of rotatable bonds is 5. The molecule has 1 atom stereocenters. The Kier molecular flexibility index (Phi) is 5.49. The number of carbonyl (C=O) groups is 1. The molecule has 0 radical (unpaired) electrons. The first-order valence-electron chi connectivity index (χ1n) is 8.37. The zero-order valence-electron chi connectivity index (χ0n) is 14.6. The summed E-state index contributed by atoms with van der Waals surface area (Å²) in [6, 6.07) is 5.72. The van der Waals surface area contributed by atoms with Crippen molar-refractivity contribution < 1.29 is 18.7 Å². The molecule has 134 valence electrons. The Labute approximate surface area is 155 Å². The third kappa shape index (κ3) is 4.07. The van der Waals surface area contributed by atoms with Crippen LogP contribution in [0.5, 0.6) is 5.75 Å². The SMILES string of the molecule is Cc1ccc(NC(=O)c2c(C)oc(C)c2Br)c(OCC2CCCO2)c1. The molecule has 2 heterocycles. The largest absolute Gasteiger partial charge is 0.489 e. The molecule has 1 aromatic heterocycles. The highest BCUT2D eigenvalue weighted by molar-refractivity contribution is 9.10. The Balaban J connectivity index is 1.78. The zero-order valence-corrected chi connectivity index (χ0v) is 16.2. The summed E-state index contributed by atoms with van der Waals surface area (Å²) in [4.78, 5) is 12.7. The lowest BCUT2D eigenvalue weighted by atomic mass is 10.2. The van der Waals surface area contributed by atoms with Crippen molar-refractivity contribution in [3.8, 4) is 5.75 Å². The molecule has 5 nitrogen and oxygen atoms in total. The second-order valence-electron chi connectivity index (χ2n) is 6.30. The van der Waals surface area contributed by atoms with Crippen LogP contribution in [0.2, 0.25) is 0 Å². The fraction of sp³-hybridized carbons (Fsp3) is 0.421. The molecular formula is C19H22BrNO4. The Morgan fingerprint density at radius 3 is 2.76 bits per heavy atom. The van der Waals surface area contributed by atoms with Gasteiger partial charge in [0.2, 0.25) is 0 Å². The van der Waals surface area contributed by atoms with E-state index in [-0.39, 0.29) is 12.0 Å². The van der Waals surface area contributed by atoms with Crippen molar-refractivity contribution in [3.63, 3.8) is 0 Å². The maximum absolute atomic E-state index is 12.7. The number of hydrogen-bond donors (Lipinski definition) is 1. The molecule has 25 heavy (non-hydrogen) atoms. The second kappa shape index (κ2) is 7.62. The molecule has 1 N–H and O–H groups in total. The van der Waals surface area contributed by atoms with Gasteiger partial charge in [-0.15, -0.1) is 0 Å². The monoisotopic (exact) mass is 407 g/mol. The molecule has 2 aromatic rings. The third-order valence-corrected chi connectivity index (χ3v) is 5.20. The number of aryl methyl sites for hydroxylation is 3. The molecule has 0 aliphatic carbocycles. The van der Waals surface area contributed by atoms with E-state index in [1.54, 1.807) is 6.92 Å². The minimum absolute atomic E-state index is 0.122. The van der Waals surface area contributed by atoms with Crippen molar-refractivity contribution >= 4 is 27.5 Å². The van der Waals surface area contributed by atoms with Crippen molar-refractivity contribution in [2.75, 3.05) is 18.5 Å². The molecule has 0 spiro atoms. The lowest BCUT2D eigenvalue weighted by molar-refractivity contribution is 0.0681. The van der Waals surface area contributed by atoms with E-state index in [1.807, 2.05) is 32.0 Å². The molecule has 1 amide bonds. The maximum Gasteiger partial charge on any atom is 0.260 e. The minimum Gasteiger partial charge on any atom is -0.489 e. The number of ether oxygens (including phenoxy) is 2. The lowest BCUT2D eigenvalue weighted by Gasteiger charge is -2.16. The molecule has 1 unspecified atom stereocenters. The summed E-state index contributed by atoms with van der Waals surface area (Å²) in [6.45, 7) is 6.86. The maximum atomic E-state index is 12.7. The molecule has 1 fully saturated rings. The van der Waals surface area contributed by atoms with E-state index in [0.29, 0.717) is 39.6 Å². The molecule has 0 saturated carbocycles. The van der Waals surface area contributed by atoms with Crippen LogP contribution in [0, 0.1) is 20.8 Å². The van der Waals surface area contributed by atoms with Crippen LogP contribution in [0.3, 0.4) is 0 Å². The fourth-order valence-electron chi connectivity index (χ4n) is 2.91. The smallest absolute Gasteiger partial charge is 0.260 e.